The van der Waals surface area contributed by atoms with Crippen LogP contribution >= 0.6 is 11.3 Å². The van der Waals surface area contributed by atoms with Crippen molar-refractivity contribution in [2.45, 2.75) is 0 Å². The van der Waals surface area contributed by atoms with Crippen molar-refractivity contribution in [1.82, 2.24) is 14.8 Å². The molecule has 144 valence electrons. The Hall–Kier alpha value is -2.97. The van der Waals surface area contributed by atoms with E-state index >= 15 is 0 Å². The Bertz CT molecular complexity index is 1020. The molecular weight excluding hydrogens is 376 g/mol. The lowest BCUT2D eigenvalue weighted by Crippen LogP contribution is -2.47. The van der Waals surface area contributed by atoms with Gasteiger partial charge in [-0.1, -0.05) is 11.3 Å². The summed E-state index contributed by atoms with van der Waals surface area (Å²) in [6.07, 6.45) is 4.54. The Morgan fingerprint density at radius 3 is 2.79 bits per heavy atom. The van der Waals surface area contributed by atoms with Gasteiger partial charge in [-0.05, 0) is 43.5 Å². The largest absolute Gasteiger partial charge is 0.465 e. The zero-order valence-electron chi connectivity index (χ0n) is 15.4. The number of carbonyl (C=O) groups is 2. The number of hydrogen-bond donors (Lipinski definition) is 1. The molecule has 1 aliphatic rings. The molecule has 0 atom stereocenters. The summed E-state index contributed by atoms with van der Waals surface area (Å²) in [4.78, 5) is 33.3. The van der Waals surface area contributed by atoms with E-state index in [9.17, 15) is 9.59 Å². The second-order valence-electron chi connectivity index (χ2n) is 6.64. The van der Waals surface area contributed by atoms with E-state index in [0.717, 1.165) is 36.4 Å². The number of fused-ring (bicyclic) bond motifs is 1. The van der Waals surface area contributed by atoms with Crippen LogP contribution in [0, 0.1) is 0 Å². The quantitative estimate of drug-likeness (QED) is 0.686. The van der Waals surface area contributed by atoms with E-state index in [1.54, 1.807) is 30.5 Å². The molecule has 0 saturated carbocycles. The minimum Gasteiger partial charge on any atom is -0.465 e. The van der Waals surface area contributed by atoms with E-state index < -0.39 is 0 Å². The number of aromatic nitrogens is 1. The number of likely N-dealkylation sites (N-methyl/N-ethyl adjacent to an activating group) is 1. The number of nitrogens with one attached hydrogen (secondary N) is 1. The number of anilines is 1. The predicted octanol–water partition coefficient (Wildman–Crippen LogP) is 2.93. The first-order valence-corrected chi connectivity index (χ1v) is 9.81. The summed E-state index contributed by atoms with van der Waals surface area (Å²) in [6.45, 7) is 3.24. The summed E-state index contributed by atoms with van der Waals surface area (Å²) in [5, 5.41) is 3.24. The average molecular weight is 396 g/mol. The van der Waals surface area contributed by atoms with Gasteiger partial charge < -0.3 is 14.2 Å². The topological polar surface area (TPSA) is 78.7 Å². The van der Waals surface area contributed by atoms with Gasteiger partial charge in [-0.2, -0.15) is 0 Å². The number of thiazole rings is 1. The van der Waals surface area contributed by atoms with Crippen LogP contribution in [-0.4, -0.2) is 59.8 Å². The number of rotatable bonds is 4. The Balaban J connectivity index is 1.45. The minimum absolute atomic E-state index is 0.0374. The van der Waals surface area contributed by atoms with Gasteiger partial charge in [0.25, 0.3) is 5.91 Å². The lowest BCUT2D eigenvalue weighted by Gasteiger charge is -2.32. The molecule has 1 saturated heterocycles. The molecule has 1 N–H and O–H groups in total. The molecule has 3 heterocycles. The molecule has 7 nitrogen and oxygen atoms in total. The van der Waals surface area contributed by atoms with Crippen LogP contribution in [0.25, 0.3) is 16.3 Å². The molecule has 0 aliphatic carbocycles. The maximum Gasteiger partial charge on any atom is 0.253 e. The number of hydrogen-bond acceptors (Lipinski definition) is 6. The van der Waals surface area contributed by atoms with Gasteiger partial charge in [0, 0.05) is 37.8 Å². The normalized spacial score (nSPS) is 15.4. The standard InChI is InChI=1S/C20H20N4O3S/c1-23-8-10-24(11-9-23)19(26)14-4-6-16-17(13-14)28-20(21-16)22-18(25)7-5-15-3-2-12-27-15/h2-7,12-13H,8-11H2,1H3,(H,21,22,25)/b7-5+. The third-order valence-corrected chi connectivity index (χ3v) is 5.53. The van der Waals surface area contributed by atoms with Gasteiger partial charge in [0.1, 0.15) is 5.76 Å². The molecule has 28 heavy (non-hydrogen) atoms. The molecule has 8 heteroatoms. The molecule has 1 fully saturated rings. The summed E-state index contributed by atoms with van der Waals surface area (Å²) < 4.78 is 6.02. The lowest BCUT2D eigenvalue weighted by atomic mass is 10.1. The first-order chi connectivity index (χ1) is 13.6. The third-order valence-electron chi connectivity index (χ3n) is 4.60. The van der Waals surface area contributed by atoms with E-state index in [0.29, 0.717) is 16.5 Å². The fourth-order valence-corrected chi connectivity index (χ4v) is 3.90. The smallest absolute Gasteiger partial charge is 0.253 e. The highest BCUT2D eigenvalue weighted by Gasteiger charge is 2.21. The van der Waals surface area contributed by atoms with Gasteiger partial charge >= 0.3 is 0 Å². The van der Waals surface area contributed by atoms with E-state index in [-0.39, 0.29) is 11.8 Å². The number of nitrogens with zero attached hydrogens (tertiary/aromatic N) is 3. The van der Waals surface area contributed by atoms with E-state index in [4.69, 9.17) is 4.42 Å². The summed E-state index contributed by atoms with van der Waals surface area (Å²) >= 11 is 1.35. The first kappa shape index (κ1) is 18.4. The van der Waals surface area contributed by atoms with Crippen LogP contribution in [0.5, 0.6) is 0 Å². The van der Waals surface area contributed by atoms with Crippen molar-refractivity contribution in [2.75, 3.05) is 38.5 Å². The summed E-state index contributed by atoms with van der Waals surface area (Å²) in [5.74, 6) is 0.353. The number of piperazine rings is 1. The fourth-order valence-electron chi connectivity index (χ4n) is 2.99. The van der Waals surface area contributed by atoms with Crippen molar-refractivity contribution in [3.63, 3.8) is 0 Å². The zero-order valence-corrected chi connectivity index (χ0v) is 16.2. The van der Waals surface area contributed by atoms with E-state index in [1.807, 2.05) is 17.0 Å². The van der Waals surface area contributed by atoms with Gasteiger partial charge in [0.2, 0.25) is 5.91 Å². The molecule has 3 aromatic rings. The van der Waals surface area contributed by atoms with Crippen molar-refractivity contribution in [3.05, 3.63) is 54.0 Å². The van der Waals surface area contributed by atoms with Crippen LogP contribution in [0.15, 0.2) is 47.1 Å². The van der Waals surface area contributed by atoms with Crippen LogP contribution in [0.3, 0.4) is 0 Å². The minimum atomic E-state index is -0.288. The van der Waals surface area contributed by atoms with E-state index in [1.165, 1.54) is 17.4 Å². The molecular formula is C20H20N4O3S. The molecule has 0 bridgehead atoms. The van der Waals surface area contributed by atoms with Gasteiger partial charge in [-0.15, -0.1) is 0 Å². The maximum atomic E-state index is 12.7. The third kappa shape index (κ3) is 4.13. The molecule has 0 spiro atoms. The monoisotopic (exact) mass is 396 g/mol. The number of benzene rings is 1. The van der Waals surface area contributed by atoms with Crippen LogP contribution < -0.4 is 5.32 Å². The SMILES string of the molecule is CN1CCN(C(=O)c2ccc3nc(NC(=O)/C=C/c4ccco4)sc3c2)CC1. The summed E-state index contributed by atoms with van der Waals surface area (Å²) in [5.41, 5.74) is 1.40. The lowest BCUT2D eigenvalue weighted by molar-refractivity contribution is -0.111. The Labute approximate surface area is 166 Å². The Morgan fingerprint density at radius 2 is 2.04 bits per heavy atom. The van der Waals surface area contributed by atoms with Crippen LogP contribution in [0.4, 0.5) is 5.13 Å². The van der Waals surface area contributed by atoms with Gasteiger partial charge in [0.05, 0.1) is 16.5 Å². The molecule has 2 aromatic heterocycles. The highest BCUT2D eigenvalue weighted by atomic mass is 32.1. The van der Waals surface area contributed by atoms with Gasteiger partial charge in [-0.25, -0.2) is 4.98 Å². The average Bonchev–Trinajstić information content (AvgIpc) is 3.35. The molecule has 4 rings (SSSR count). The molecule has 0 radical (unpaired) electrons. The maximum absolute atomic E-state index is 12.7. The zero-order chi connectivity index (χ0) is 19.5. The van der Waals surface area contributed by atoms with Crippen molar-refractivity contribution in [2.24, 2.45) is 0 Å². The number of amides is 2. The Morgan fingerprint density at radius 1 is 1.21 bits per heavy atom. The van der Waals surface area contributed by atoms with Gasteiger partial charge in [0.15, 0.2) is 5.13 Å². The Kier molecular flexibility index (Phi) is 5.23. The summed E-state index contributed by atoms with van der Waals surface area (Å²) in [7, 11) is 2.06. The van der Waals surface area contributed by atoms with Gasteiger partial charge in [-0.3, -0.25) is 14.9 Å². The molecule has 1 aliphatic heterocycles. The summed E-state index contributed by atoms with van der Waals surface area (Å²) in [6, 6.07) is 8.99. The molecule has 0 unspecified atom stereocenters. The van der Waals surface area contributed by atoms with Crippen LogP contribution in [0.2, 0.25) is 0 Å². The van der Waals surface area contributed by atoms with Crippen molar-refractivity contribution in [3.8, 4) is 0 Å². The van der Waals surface area contributed by atoms with E-state index in [2.05, 4.69) is 22.2 Å². The van der Waals surface area contributed by atoms with Crippen molar-refractivity contribution >= 4 is 44.6 Å². The number of carbonyl (C=O) groups excluding carboxylic acids is 2. The van der Waals surface area contributed by atoms with Crippen molar-refractivity contribution < 1.29 is 14.0 Å². The second-order valence-corrected chi connectivity index (χ2v) is 7.67. The highest BCUT2D eigenvalue weighted by Crippen LogP contribution is 2.27. The highest BCUT2D eigenvalue weighted by molar-refractivity contribution is 7.22. The number of furan rings is 1. The predicted molar refractivity (Wildman–Crippen MR) is 109 cm³/mol. The second kappa shape index (κ2) is 7.95. The fraction of sp³-hybridized carbons (Fsp3) is 0.250. The molecule has 1 aromatic carbocycles. The van der Waals surface area contributed by atoms with Crippen molar-refractivity contribution in [1.29, 1.82) is 0 Å². The van der Waals surface area contributed by atoms with Crippen LogP contribution in [-0.2, 0) is 4.79 Å². The first-order valence-electron chi connectivity index (χ1n) is 8.99. The molecule has 2 amide bonds. The van der Waals surface area contributed by atoms with Crippen LogP contribution in [0.1, 0.15) is 16.1 Å².